The fraction of sp³-hybridized carbons (Fsp3) is 0.267. The highest BCUT2D eigenvalue weighted by molar-refractivity contribution is 5.92. The number of carbonyl (C=O) groups is 1. The highest BCUT2D eigenvalue weighted by Crippen LogP contribution is 2.22. The summed E-state index contributed by atoms with van der Waals surface area (Å²) in [4.78, 5) is 11.8. The summed E-state index contributed by atoms with van der Waals surface area (Å²) in [6.45, 7) is 1.19. The van der Waals surface area contributed by atoms with Crippen LogP contribution in [0, 0.1) is 5.82 Å². The van der Waals surface area contributed by atoms with Gasteiger partial charge in [-0.3, -0.25) is 4.79 Å². The summed E-state index contributed by atoms with van der Waals surface area (Å²) < 4.78 is 18.3. The molecule has 0 aliphatic rings. The monoisotopic (exact) mass is 276 g/mol. The van der Waals surface area contributed by atoms with E-state index >= 15 is 0 Å². The second kappa shape index (κ2) is 6.86. The minimum atomic E-state index is -0.307. The number of amides is 1. The first kappa shape index (κ1) is 14.3. The molecule has 1 amide bonds. The van der Waals surface area contributed by atoms with Gasteiger partial charge in [-0.2, -0.15) is 0 Å². The van der Waals surface area contributed by atoms with Crippen molar-refractivity contribution in [3.05, 3.63) is 48.0 Å². The van der Waals surface area contributed by atoms with E-state index in [9.17, 15) is 9.18 Å². The second-order valence-corrected chi connectivity index (χ2v) is 4.42. The molecule has 0 aliphatic heterocycles. The standard InChI is InChI=1S/C15H17FN2O2/c16-12-5-3-11(4-6-12)13-7-8-14(20-13)15(19)18-10-2-1-9-17/h3-8H,1-2,9-10,17H2,(H,18,19). The summed E-state index contributed by atoms with van der Waals surface area (Å²) in [6.07, 6.45) is 1.72. The zero-order valence-electron chi connectivity index (χ0n) is 11.1. The molecule has 2 aromatic rings. The van der Waals surface area contributed by atoms with Gasteiger partial charge >= 0.3 is 0 Å². The maximum Gasteiger partial charge on any atom is 0.287 e. The van der Waals surface area contributed by atoms with Crippen LogP contribution in [-0.2, 0) is 0 Å². The number of hydrogen-bond acceptors (Lipinski definition) is 3. The van der Waals surface area contributed by atoms with E-state index < -0.39 is 0 Å². The first-order valence-corrected chi connectivity index (χ1v) is 6.55. The van der Waals surface area contributed by atoms with E-state index in [2.05, 4.69) is 5.32 Å². The zero-order valence-corrected chi connectivity index (χ0v) is 11.1. The Balaban J connectivity index is 1.98. The summed E-state index contributed by atoms with van der Waals surface area (Å²) in [5.74, 6) is 0.225. The number of furan rings is 1. The van der Waals surface area contributed by atoms with E-state index in [1.165, 1.54) is 12.1 Å². The van der Waals surface area contributed by atoms with Crippen LogP contribution in [0.15, 0.2) is 40.8 Å². The summed E-state index contributed by atoms with van der Waals surface area (Å²) in [5.41, 5.74) is 6.11. The molecule has 0 aliphatic carbocycles. The highest BCUT2D eigenvalue weighted by atomic mass is 19.1. The van der Waals surface area contributed by atoms with Gasteiger partial charge in [0.15, 0.2) is 5.76 Å². The Kier molecular flexibility index (Phi) is 4.90. The zero-order chi connectivity index (χ0) is 14.4. The van der Waals surface area contributed by atoms with Crippen LogP contribution in [0.2, 0.25) is 0 Å². The molecule has 0 spiro atoms. The van der Waals surface area contributed by atoms with E-state index in [1.54, 1.807) is 24.3 Å². The first-order valence-electron chi connectivity index (χ1n) is 6.55. The Morgan fingerprint density at radius 2 is 1.90 bits per heavy atom. The largest absolute Gasteiger partial charge is 0.451 e. The lowest BCUT2D eigenvalue weighted by Crippen LogP contribution is -2.24. The van der Waals surface area contributed by atoms with Crippen LogP contribution in [0.1, 0.15) is 23.4 Å². The van der Waals surface area contributed by atoms with Gasteiger partial charge < -0.3 is 15.5 Å². The normalized spacial score (nSPS) is 10.5. The van der Waals surface area contributed by atoms with Crippen molar-refractivity contribution in [1.82, 2.24) is 5.32 Å². The molecule has 0 atom stereocenters. The van der Waals surface area contributed by atoms with Crippen LogP contribution in [0.5, 0.6) is 0 Å². The molecule has 0 saturated heterocycles. The number of carbonyl (C=O) groups excluding carboxylic acids is 1. The first-order chi connectivity index (χ1) is 9.70. The molecule has 106 valence electrons. The molecular weight excluding hydrogens is 259 g/mol. The van der Waals surface area contributed by atoms with E-state index in [0.29, 0.717) is 18.8 Å². The van der Waals surface area contributed by atoms with Crippen molar-refractivity contribution in [3.8, 4) is 11.3 Å². The van der Waals surface area contributed by atoms with Crippen molar-refractivity contribution < 1.29 is 13.6 Å². The molecule has 20 heavy (non-hydrogen) atoms. The SMILES string of the molecule is NCCCCNC(=O)c1ccc(-c2ccc(F)cc2)o1. The molecule has 4 nitrogen and oxygen atoms in total. The molecular formula is C15H17FN2O2. The molecule has 0 bridgehead atoms. The lowest BCUT2D eigenvalue weighted by atomic mass is 10.2. The van der Waals surface area contributed by atoms with Gasteiger partial charge in [-0.1, -0.05) is 0 Å². The molecule has 0 radical (unpaired) electrons. The van der Waals surface area contributed by atoms with Crippen LogP contribution in [0.25, 0.3) is 11.3 Å². The fourth-order valence-electron chi connectivity index (χ4n) is 1.79. The third-order valence-corrected chi connectivity index (χ3v) is 2.87. The predicted octanol–water partition coefficient (Wildman–Crippen LogP) is 2.55. The number of hydrogen-bond donors (Lipinski definition) is 2. The second-order valence-electron chi connectivity index (χ2n) is 4.42. The molecule has 0 unspecified atom stereocenters. The number of nitrogens with two attached hydrogens (primary N) is 1. The molecule has 1 aromatic heterocycles. The average Bonchev–Trinajstić information content (AvgIpc) is 2.94. The third kappa shape index (κ3) is 3.68. The van der Waals surface area contributed by atoms with Crippen molar-refractivity contribution in [2.45, 2.75) is 12.8 Å². The van der Waals surface area contributed by atoms with Crippen LogP contribution in [-0.4, -0.2) is 19.0 Å². The number of halogens is 1. The molecule has 2 rings (SSSR count). The number of unbranched alkanes of at least 4 members (excludes halogenated alkanes) is 1. The van der Waals surface area contributed by atoms with E-state index in [0.717, 1.165) is 18.4 Å². The summed E-state index contributed by atoms with van der Waals surface area (Å²) in [7, 11) is 0. The van der Waals surface area contributed by atoms with Crippen LogP contribution in [0.4, 0.5) is 4.39 Å². The van der Waals surface area contributed by atoms with Crippen molar-refractivity contribution in [1.29, 1.82) is 0 Å². The lowest BCUT2D eigenvalue weighted by Gasteiger charge is -2.02. The van der Waals surface area contributed by atoms with Crippen molar-refractivity contribution in [2.75, 3.05) is 13.1 Å². The van der Waals surface area contributed by atoms with E-state index in [4.69, 9.17) is 10.2 Å². The average molecular weight is 276 g/mol. The molecule has 3 N–H and O–H groups in total. The maximum atomic E-state index is 12.8. The smallest absolute Gasteiger partial charge is 0.287 e. The minimum absolute atomic E-state index is 0.247. The number of nitrogens with one attached hydrogen (secondary N) is 1. The summed E-state index contributed by atoms with van der Waals surface area (Å²) >= 11 is 0. The van der Waals surface area contributed by atoms with E-state index in [1.807, 2.05) is 0 Å². The summed E-state index contributed by atoms with van der Waals surface area (Å²) in [5, 5.41) is 2.76. The van der Waals surface area contributed by atoms with Crippen LogP contribution in [0.3, 0.4) is 0 Å². The van der Waals surface area contributed by atoms with Gasteiger partial charge in [-0.15, -0.1) is 0 Å². The van der Waals surface area contributed by atoms with Gasteiger partial charge in [0.25, 0.3) is 5.91 Å². The van der Waals surface area contributed by atoms with Gasteiger partial charge in [0.2, 0.25) is 0 Å². The lowest BCUT2D eigenvalue weighted by molar-refractivity contribution is 0.0926. The van der Waals surface area contributed by atoms with E-state index in [-0.39, 0.29) is 17.5 Å². The molecule has 1 heterocycles. The van der Waals surface area contributed by atoms with Gasteiger partial charge in [0, 0.05) is 12.1 Å². The van der Waals surface area contributed by atoms with Crippen molar-refractivity contribution in [3.63, 3.8) is 0 Å². The number of rotatable bonds is 6. The quantitative estimate of drug-likeness (QED) is 0.797. The predicted molar refractivity (Wildman–Crippen MR) is 74.7 cm³/mol. The Hall–Kier alpha value is -2.14. The van der Waals surface area contributed by atoms with Gasteiger partial charge in [-0.05, 0) is 55.8 Å². The molecule has 1 aromatic carbocycles. The van der Waals surface area contributed by atoms with Crippen LogP contribution >= 0.6 is 0 Å². The molecule has 5 heteroatoms. The molecule has 0 saturated carbocycles. The van der Waals surface area contributed by atoms with Crippen molar-refractivity contribution >= 4 is 5.91 Å². The Morgan fingerprint density at radius 1 is 1.15 bits per heavy atom. The Bertz CT molecular complexity index is 564. The fourth-order valence-corrected chi connectivity index (χ4v) is 1.79. The topological polar surface area (TPSA) is 68.3 Å². The van der Waals surface area contributed by atoms with Gasteiger partial charge in [0.05, 0.1) is 0 Å². The Labute approximate surface area is 116 Å². The highest BCUT2D eigenvalue weighted by Gasteiger charge is 2.11. The minimum Gasteiger partial charge on any atom is -0.451 e. The summed E-state index contributed by atoms with van der Waals surface area (Å²) in [6, 6.07) is 9.22. The van der Waals surface area contributed by atoms with Crippen molar-refractivity contribution in [2.24, 2.45) is 5.73 Å². The Morgan fingerprint density at radius 3 is 2.60 bits per heavy atom. The molecule has 0 fully saturated rings. The van der Waals surface area contributed by atoms with Gasteiger partial charge in [0.1, 0.15) is 11.6 Å². The maximum absolute atomic E-state index is 12.8. The van der Waals surface area contributed by atoms with Gasteiger partial charge in [-0.25, -0.2) is 4.39 Å². The third-order valence-electron chi connectivity index (χ3n) is 2.87. The van der Waals surface area contributed by atoms with Crippen LogP contribution < -0.4 is 11.1 Å². The number of benzene rings is 1.